The molecule has 0 bridgehead atoms. The van der Waals surface area contributed by atoms with Crippen LogP contribution in [0.25, 0.3) is 11.1 Å². The van der Waals surface area contributed by atoms with Crippen molar-refractivity contribution in [3.8, 4) is 11.1 Å². The lowest BCUT2D eigenvalue weighted by Crippen LogP contribution is -2.22. The predicted octanol–water partition coefficient (Wildman–Crippen LogP) is 3.40. The summed E-state index contributed by atoms with van der Waals surface area (Å²) in [7, 11) is 4.14. The van der Waals surface area contributed by atoms with Gasteiger partial charge in [0, 0.05) is 19.3 Å². The highest BCUT2D eigenvalue weighted by Crippen LogP contribution is 2.22. The Balaban J connectivity index is 2.02. The molecular weight excluding hydrogens is 232 g/mol. The minimum absolute atomic E-state index is 1.06. The normalized spacial score (nSPS) is 10.4. The van der Waals surface area contributed by atoms with Gasteiger partial charge in [-0.25, -0.2) is 0 Å². The summed E-state index contributed by atoms with van der Waals surface area (Å²) in [6.45, 7) is 2.14. The quantitative estimate of drug-likeness (QED) is 0.795. The molecule has 19 heavy (non-hydrogen) atoms. The third kappa shape index (κ3) is 3.83. The molecule has 0 heterocycles. The number of benzene rings is 2. The number of rotatable bonds is 6. The Morgan fingerprint density at radius 3 is 2.16 bits per heavy atom. The van der Waals surface area contributed by atoms with Crippen LogP contribution >= 0.6 is 0 Å². The van der Waals surface area contributed by atoms with Crippen LogP contribution in [0.5, 0.6) is 0 Å². The summed E-state index contributed by atoms with van der Waals surface area (Å²) < 4.78 is 0. The number of anilines is 1. The van der Waals surface area contributed by atoms with Gasteiger partial charge in [-0.3, -0.25) is 0 Å². The first kappa shape index (κ1) is 13.6. The largest absolute Gasteiger partial charge is 0.375 e. The van der Waals surface area contributed by atoms with Crippen molar-refractivity contribution >= 4 is 5.69 Å². The average molecular weight is 254 g/mol. The molecule has 2 heteroatoms. The number of nitrogens with zero attached hydrogens (tertiary/aromatic N) is 1. The van der Waals surface area contributed by atoms with Crippen LogP contribution in [0.15, 0.2) is 54.6 Å². The van der Waals surface area contributed by atoms with Crippen molar-refractivity contribution in [3.05, 3.63) is 54.6 Å². The second-order valence-electron chi connectivity index (χ2n) is 4.79. The second kappa shape index (κ2) is 6.95. The highest BCUT2D eigenvalue weighted by molar-refractivity contribution is 5.66. The molecule has 2 nitrogen and oxygen atoms in total. The maximum absolute atomic E-state index is 3.18. The van der Waals surface area contributed by atoms with E-state index in [4.69, 9.17) is 0 Å². The van der Waals surface area contributed by atoms with Gasteiger partial charge in [0.1, 0.15) is 0 Å². The fourth-order valence-electron chi connectivity index (χ4n) is 2.16. The first-order valence-corrected chi connectivity index (χ1v) is 6.82. The monoisotopic (exact) mass is 254 g/mol. The van der Waals surface area contributed by atoms with Crippen LogP contribution in [0.3, 0.4) is 0 Å². The molecule has 1 N–H and O–H groups in total. The molecular formula is C17H22N2. The fourth-order valence-corrected chi connectivity index (χ4v) is 2.16. The van der Waals surface area contributed by atoms with Crippen molar-refractivity contribution in [2.24, 2.45) is 0 Å². The molecule has 0 aliphatic heterocycles. The van der Waals surface area contributed by atoms with Crippen molar-refractivity contribution in [1.29, 1.82) is 0 Å². The summed E-state index contributed by atoms with van der Waals surface area (Å²) in [5, 5.41) is 3.18. The molecule has 0 aliphatic rings. The molecule has 2 aromatic carbocycles. The Bertz CT molecular complexity index is 476. The highest BCUT2D eigenvalue weighted by atomic mass is 15.1. The smallest absolute Gasteiger partial charge is 0.0364 e. The van der Waals surface area contributed by atoms with E-state index in [-0.39, 0.29) is 0 Å². The highest BCUT2D eigenvalue weighted by Gasteiger charge is 2.01. The lowest BCUT2D eigenvalue weighted by molar-refractivity contribution is 0.713. The van der Waals surface area contributed by atoms with Crippen molar-refractivity contribution in [2.75, 3.05) is 32.1 Å². The first-order valence-electron chi connectivity index (χ1n) is 6.82. The van der Waals surface area contributed by atoms with Crippen LogP contribution in [-0.2, 0) is 0 Å². The van der Waals surface area contributed by atoms with Crippen molar-refractivity contribution in [3.63, 3.8) is 0 Å². The number of nitrogens with one attached hydrogen (secondary N) is 1. The second-order valence-corrected chi connectivity index (χ2v) is 4.79. The standard InChI is InChI=1S/C17H22N2/c1-18-13-6-14-19(2)17-11-9-16(10-12-17)15-7-4-3-5-8-15/h3-5,7-12,18H,6,13-14H2,1-2H3. The van der Waals surface area contributed by atoms with Crippen molar-refractivity contribution in [1.82, 2.24) is 5.32 Å². The molecule has 0 saturated carbocycles. The summed E-state index contributed by atoms with van der Waals surface area (Å²) in [6, 6.07) is 19.3. The first-order chi connectivity index (χ1) is 9.31. The SMILES string of the molecule is CNCCCN(C)c1ccc(-c2ccccc2)cc1. The van der Waals surface area contributed by atoms with E-state index in [2.05, 4.69) is 65.8 Å². The van der Waals surface area contributed by atoms with E-state index in [1.54, 1.807) is 0 Å². The molecule has 2 aromatic rings. The zero-order chi connectivity index (χ0) is 13.5. The topological polar surface area (TPSA) is 15.3 Å². The van der Waals surface area contributed by atoms with Gasteiger partial charge in [0.25, 0.3) is 0 Å². The number of hydrogen-bond acceptors (Lipinski definition) is 2. The van der Waals surface area contributed by atoms with Crippen LogP contribution in [0.1, 0.15) is 6.42 Å². The third-order valence-electron chi connectivity index (χ3n) is 3.34. The van der Waals surface area contributed by atoms with Gasteiger partial charge >= 0.3 is 0 Å². The Kier molecular flexibility index (Phi) is 4.99. The summed E-state index contributed by atoms with van der Waals surface area (Å²) >= 11 is 0. The molecule has 0 aromatic heterocycles. The van der Waals surface area contributed by atoms with Gasteiger partial charge in [-0.1, -0.05) is 42.5 Å². The van der Waals surface area contributed by atoms with Gasteiger partial charge in [0.2, 0.25) is 0 Å². The zero-order valence-corrected chi connectivity index (χ0v) is 11.8. The molecule has 0 spiro atoms. The zero-order valence-electron chi connectivity index (χ0n) is 11.8. The van der Waals surface area contributed by atoms with Gasteiger partial charge in [0.15, 0.2) is 0 Å². The van der Waals surface area contributed by atoms with Crippen molar-refractivity contribution < 1.29 is 0 Å². The van der Waals surface area contributed by atoms with E-state index < -0.39 is 0 Å². The van der Waals surface area contributed by atoms with Crippen LogP contribution in [0, 0.1) is 0 Å². The number of hydrogen-bond donors (Lipinski definition) is 1. The summed E-state index contributed by atoms with van der Waals surface area (Å²) in [5.41, 5.74) is 3.82. The van der Waals surface area contributed by atoms with Gasteiger partial charge in [0.05, 0.1) is 0 Å². The third-order valence-corrected chi connectivity index (χ3v) is 3.34. The molecule has 0 aliphatic carbocycles. The molecule has 0 fully saturated rings. The molecule has 0 radical (unpaired) electrons. The molecule has 100 valence electrons. The van der Waals surface area contributed by atoms with Crippen LogP contribution in [-0.4, -0.2) is 27.2 Å². The fraction of sp³-hybridized carbons (Fsp3) is 0.294. The summed E-state index contributed by atoms with van der Waals surface area (Å²) in [5.74, 6) is 0. The Morgan fingerprint density at radius 2 is 1.53 bits per heavy atom. The van der Waals surface area contributed by atoms with Gasteiger partial charge in [-0.2, -0.15) is 0 Å². The minimum atomic E-state index is 1.06. The van der Waals surface area contributed by atoms with E-state index in [9.17, 15) is 0 Å². The Hall–Kier alpha value is -1.80. The maximum atomic E-state index is 3.18. The summed E-state index contributed by atoms with van der Waals surface area (Å²) in [6.07, 6.45) is 1.16. The van der Waals surface area contributed by atoms with E-state index in [0.717, 1.165) is 19.5 Å². The predicted molar refractivity (Wildman–Crippen MR) is 83.7 cm³/mol. The Labute approximate surface area is 116 Å². The van der Waals surface area contributed by atoms with Crippen LogP contribution < -0.4 is 10.2 Å². The lowest BCUT2D eigenvalue weighted by Gasteiger charge is -2.19. The molecule has 2 rings (SSSR count). The van der Waals surface area contributed by atoms with E-state index in [1.807, 2.05) is 13.1 Å². The average Bonchev–Trinajstić information content (AvgIpc) is 2.48. The maximum Gasteiger partial charge on any atom is 0.0364 e. The van der Waals surface area contributed by atoms with Gasteiger partial charge < -0.3 is 10.2 Å². The van der Waals surface area contributed by atoms with E-state index >= 15 is 0 Å². The molecule has 0 amide bonds. The van der Waals surface area contributed by atoms with Crippen molar-refractivity contribution in [2.45, 2.75) is 6.42 Å². The van der Waals surface area contributed by atoms with Gasteiger partial charge in [-0.15, -0.1) is 0 Å². The van der Waals surface area contributed by atoms with Crippen LogP contribution in [0.4, 0.5) is 5.69 Å². The van der Waals surface area contributed by atoms with E-state index in [0.29, 0.717) is 0 Å². The molecule has 0 unspecified atom stereocenters. The molecule has 0 saturated heterocycles. The molecule has 0 atom stereocenters. The van der Waals surface area contributed by atoms with E-state index in [1.165, 1.54) is 16.8 Å². The minimum Gasteiger partial charge on any atom is -0.375 e. The summed E-state index contributed by atoms with van der Waals surface area (Å²) in [4.78, 5) is 2.30. The Morgan fingerprint density at radius 1 is 0.895 bits per heavy atom. The van der Waals surface area contributed by atoms with Gasteiger partial charge in [-0.05, 0) is 43.3 Å². The lowest BCUT2D eigenvalue weighted by atomic mass is 10.1. The van der Waals surface area contributed by atoms with Crippen LogP contribution in [0.2, 0.25) is 0 Å².